The van der Waals surface area contributed by atoms with E-state index in [2.05, 4.69) is 10.1 Å². The second-order valence-electron chi connectivity index (χ2n) is 5.31. The quantitative estimate of drug-likeness (QED) is 0.673. The van der Waals surface area contributed by atoms with E-state index in [0.717, 1.165) is 6.20 Å². The molecule has 25 heavy (non-hydrogen) atoms. The lowest BCUT2D eigenvalue weighted by molar-refractivity contribution is -0.143. The average Bonchev–Trinajstić information content (AvgIpc) is 3.01. The summed E-state index contributed by atoms with van der Waals surface area (Å²) in [6, 6.07) is 6.95. The number of hydrogen-bond donors (Lipinski definition) is 0. The Morgan fingerprint density at radius 1 is 1.20 bits per heavy atom. The standard InChI is InChI=1S/C17H14F3N3O2/c1-3-25-16(24)13-8-22-23(15(13)17(18,19)20)14-9-21-10(2)11-6-4-5-7-12(11)14/h4-9H,3H2,1-2H3. The molecule has 0 amide bonds. The second kappa shape index (κ2) is 6.19. The molecule has 130 valence electrons. The van der Waals surface area contributed by atoms with E-state index >= 15 is 0 Å². The summed E-state index contributed by atoms with van der Waals surface area (Å²) in [6.45, 7) is 3.26. The van der Waals surface area contributed by atoms with Gasteiger partial charge in [0.05, 0.1) is 24.7 Å². The minimum Gasteiger partial charge on any atom is -0.462 e. The number of aryl methyl sites for hydroxylation is 1. The highest BCUT2D eigenvalue weighted by Gasteiger charge is 2.41. The molecule has 0 aliphatic rings. The maximum atomic E-state index is 13.6. The fourth-order valence-corrected chi connectivity index (χ4v) is 2.65. The van der Waals surface area contributed by atoms with Crippen LogP contribution >= 0.6 is 0 Å². The number of alkyl halides is 3. The van der Waals surface area contributed by atoms with Crippen molar-refractivity contribution in [2.45, 2.75) is 20.0 Å². The second-order valence-corrected chi connectivity index (χ2v) is 5.31. The molecule has 0 atom stereocenters. The van der Waals surface area contributed by atoms with Gasteiger partial charge in [0, 0.05) is 16.5 Å². The maximum Gasteiger partial charge on any atom is 0.434 e. The molecule has 0 spiro atoms. The summed E-state index contributed by atoms with van der Waals surface area (Å²) < 4.78 is 46.3. The summed E-state index contributed by atoms with van der Waals surface area (Å²) in [4.78, 5) is 16.0. The molecule has 2 aromatic heterocycles. The molecule has 0 radical (unpaired) electrons. The number of benzene rings is 1. The van der Waals surface area contributed by atoms with Crippen molar-refractivity contribution in [3.63, 3.8) is 0 Å². The van der Waals surface area contributed by atoms with E-state index in [0.29, 0.717) is 21.1 Å². The number of ether oxygens (including phenoxy) is 1. The zero-order valence-corrected chi connectivity index (χ0v) is 13.5. The van der Waals surface area contributed by atoms with Crippen LogP contribution in [0.1, 0.15) is 28.7 Å². The van der Waals surface area contributed by atoms with E-state index in [1.54, 1.807) is 31.2 Å². The third kappa shape index (κ3) is 2.95. The van der Waals surface area contributed by atoms with Gasteiger partial charge in [-0.2, -0.15) is 18.3 Å². The Kier molecular flexibility index (Phi) is 4.20. The van der Waals surface area contributed by atoms with E-state index in [-0.39, 0.29) is 12.3 Å². The van der Waals surface area contributed by atoms with Gasteiger partial charge in [-0.1, -0.05) is 24.3 Å². The third-order valence-corrected chi connectivity index (χ3v) is 3.73. The van der Waals surface area contributed by atoms with Crippen LogP contribution < -0.4 is 0 Å². The van der Waals surface area contributed by atoms with Gasteiger partial charge in [0.2, 0.25) is 0 Å². The number of pyridine rings is 1. The summed E-state index contributed by atoms with van der Waals surface area (Å²) >= 11 is 0. The summed E-state index contributed by atoms with van der Waals surface area (Å²) in [5, 5.41) is 5.06. The minimum atomic E-state index is -4.79. The Morgan fingerprint density at radius 2 is 1.88 bits per heavy atom. The van der Waals surface area contributed by atoms with Gasteiger partial charge in [0.1, 0.15) is 5.56 Å². The molecule has 0 N–H and O–H groups in total. The summed E-state index contributed by atoms with van der Waals surface area (Å²) in [5.41, 5.74) is -0.976. The highest BCUT2D eigenvalue weighted by atomic mass is 19.4. The van der Waals surface area contributed by atoms with E-state index < -0.39 is 23.4 Å². The molecule has 0 aliphatic heterocycles. The van der Waals surface area contributed by atoms with Crippen LogP contribution in [0.25, 0.3) is 16.5 Å². The molecular weight excluding hydrogens is 335 g/mol. The average molecular weight is 349 g/mol. The fourth-order valence-electron chi connectivity index (χ4n) is 2.65. The number of nitrogens with zero attached hydrogens (tertiary/aromatic N) is 3. The highest BCUT2D eigenvalue weighted by molar-refractivity contribution is 5.93. The van der Waals surface area contributed by atoms with E-state index in [1.807, 2.05) is 0 Å². The zero-order chi connectivity index (χ0) is 18.2. The Hall–Kier alpha value is -2.90. The van der Waals surface area contributed by atoms with Gasteiger partial charge in [0.15, 0.2) is 5.69 Å². The van der Waals surface area contributed by atoms with Crippen molar-refractivity contribution in [2.75, 3.05) is 6.61 Å². The number of hydrogen-bond acceptors (Lipinski definition) is 4. The van der Waals surface area contributed by atoms with Crippen molar-refractivity contribution in [3.05, 3.63) is 53.6 Å². The Morgan fingerprint density at radius 3 is 2.52 bits per heavy atom. The molecular formula is C17H14F3N3O2. The van der Waals surface area contributed by atoms with Gasteiger partial charge in [-0.3, -0.25) is 4.98 Å². The van der Waals surface area contributed by atoms with Crippen molar-refractivity contribution in [1.82, 2.24) is 14.8 Å². The molecule has 8 heteroatoms. The minimum absolute atomic E-state index is 0.0314. The van der Waals surface area contributed by atoms with E-state index in [9.17, 15) is 18.0 Å². The zero-order valence-electron chi connectivity index (χ0n) is 13.5. The molecule has 0 bridgehead atoms. The van der Waals surface area contributed by atoms with Crippen molar-refractivity contribution in [2.24, 2.45) is 0 Å². The third-order valence-electron chi connectivity index (χ3n) is 3.73. The molecule has 1 aromatic carbocycles. The van der Waals surface area contributed by atoms with Gasteiger partial charge in [-0.15, -0.1) is 0 Å². The van der Waals surface area contributed by atoms with Gasteiger partial charge in [-0.25, -0.2) is 9.48 Å². The van der Waals surface area contributed by atoms with E-state index in [1.165, 1.54) is 13.1 Å². The first-order valence-electron chi connectivity index (χ1n) is 7.51. The van der Waals surface area contributed by atoms with E-state index in [4.69, 9.17) is 4.74 Å². The predicted octanol–water partition coefficient (Wildman–Crippen LogP) is 3.92. The first-order chi connectivity index (χ1) is 11.8. The molecule has 3 aromatic rings. The van der Waals surface area contributed by atoms with Crippen LogP contribution in [0.15, 0.2) is 36.7 Å². The molecule has 0 saturated heterocycles. The number of carbonyl (C=O) groups is 1. The molecule has 2 heterocycles. The Bertz CT molecular complexity index is 948. The number of carbonyl (C=O) groups excluding carboxylic acids is 1. The van der Waals surface area contributed by atoms with Crippen LogP contribution in [0, 0.1) is 6.92 Å². The van der Waals surface area contributed by atoms with Gasteiger partial charge in [-0.05, 0) is 13.8 Å². The highest BCUT2D eigenvalue weighted by Crippen LogP contribution is 2.35. The van der Waals surface area contributed by atoms with Crippen LogP contribution in [0.3, 0.4) is 0 Å². The van der Waals surface area contributed by atoms with Crippen LogP contribution in [-0.2, 0) is 10.9 Å². The number of aromatic nitrogens is 3. The monoisotopic (exact) mass is 349 g/mol. The largest absolute Gasteiger partial charge is 0.462 e. The predicted molar refractivity (Wildman–Crippen MR) is 84.6 cm³/mol. The normalized spacial score (nSPS) is 11.7. The smallest absolute Gasteiger partial charge is 0.434 e. The van der Waals surface area contributed by atoms with Crippen LogP contribution in [0.5, 0.6) is 0 Å². The lowest BCUT2D eigenvalue weighted by Gasteiger charge is -2.14. The van der Waals surface area contributed by atoms with Crippen LogP contribution in [0.4, 0.5) is 13.2 Å². The molecule has 5 nitrogen and oxygen atoms in total. The molecule has 0 saturated carbocycles. The number of esters is 1. The number of fused-ring (bicyclic) bond motifs is 1. The Balaban J connectivity index is 2.29. The van der Waals surface area contributed by atoms with Gasteiger partial charge >= 0.3 is 12.1 Å². The topological polar surface area (TPSA) is 57.0 Å². The SMILES string of the molecule is CCOC(=O)c1cnn(-c2cnc(C)c3ccccc23)c1C(F)(F)F. The lowest BCUT2D eigenvalue weighted by Crippen LogP contribution is -2.18. The summed E-state index contributed by atoms with van der Waals surface area (Å²) in [6.07, 6.45) is -2.60. The lowest BCUT2D eigenvalue weighted by atomic mass is 10.1. The summed E-state index contributed by atoms with van der Waals surface area (Å²) in [5.74, 6) is -1.06. The first kappa shape index (κ1) is 16.9. The van der Waals surface area contributed by atoms with Crippen molar-refractivity contribution < 1.29 is 22.7 Å². The van der Waals surface area contributed by atoms with Gasteiger partial charge < -0.3 is 4.74 Å². The van der Waals surface area contributed by atoms with Crippen molar-refractivity contribution in [3.8, 4) is 5.69 Å². The fraction of sp³-hybridized carbons (Fsp3) is 0.235. The van der Waals surface area contributed by atoms with Crippen molar-refractivity contribution in [1.29, 1.82) is 0 Å². The van der Waals surface area contributed by atoms with Crippen LogP contribution in [0.2, 0.25) is 0 Å². The summed E-state index contributed by atoms with van der Waals surface area (Å²) in [7, 11) is 0. The number of rotatable bonds is 3. The Labute approximate surface area is 141 Å². The first-order valence-corrected chi connectivity index (χ1v) is 7.51. The molecule has 3 rings (SSSR count). The maximum absolute atomic E-state index is 13.6. The van der Waals surface area contributed by atoms with Gasteiger partial charge in [0.25, 0.3) is 0 Å². The number of halogens is 3. The molecule has 0 unspecified atom stereocenters. The van der Waals surface area contributed by atoms with Crippen molar-refractivity contribution >= 4 is 16.7 Å². The molecule has 0 aliphatic carbocycles. The van der Waals surface area contributed by atoms with Crippen LogP contribution in [-0.4, -0.2) is 27.3 Å². The molecule has 0 fully saturated rings.